The fraction of sp³-hybridized carbons (Fsp3) is 0.500. The molecule has 0 spiro atoms. The average Bonchev–Trinajstić information content (AvgIpc) is 2.99. The molecule has 12 nitrogen and oxygen atoms in total. The number of nitro groups is 1. The lowest BCUT2D eigenvalue weighted by Gasteiger charge is -2.32. The minimum absolute atomic E-state index is 0.165. The lowest BCUT2D eigenvalue weighted by Crippen LogP contribution is -2.53. The summed E-state index contributed by atoms with van der Waals surface area (Å²) in [5, 5.41) is 11.5. The van der Waals surface area contributed by atoms with Gasteiger partial charge in [-0.1, -0.05) is 0 Å². The van der Waals surface area contributed by atoms with Crippen molar-refractivity contribution in [2.24, 2.45) is 0 Å². The van der Waals surface area contributed by atoms with Crippen LogP contribution in [-0.2, 0) is 25.5 Å². The van der Waals surface area contributed by atoms with Crippen molar-refractivity contribution in [1.29, 1.82) is 0 Å². The van der Waals surface area contributed by atoms with Gasteiger partial charge in [0.1, 0.15) is 11.2 Å². The second-order valence-corrected chi connectivity index (χ2v) is 10.1. The summed E-state index contributed by atoms with van der Waals surface area (Å²) in [6.45, 7) is 10.8. The second kappa shape index (κ2) is 10.3. The van der Waals surface area contributed by atoms with E-state index in [0.29, 0.717) is 22.4 Å². The summed E-state index contributed by atoms with van der Waals surface area (Å²) in [4.78, 5) is 62.2. The number of nitro benzene ring substituents is 1. The third kappa shape index (κ3) is 6.37. The van der Waals surface area contributed by atoms with Crippen molar-refractivity contribution < 1.29 is 38.3 Å². The normalized spacial score (nSPS) is 12.6. The number of imide groups is 1. The second-order valence-electron chi connectivity index (χ2n) is 10.1. The number of methoxy groups -OCH3 is 1. The highest BCUT2D eigenvalue weighted by Crippen LogP contribution is 2.30. The molecule has 196 valence electrons. The molecule has 0 fully saturated rings. The highest BCUT2D eigenvalue weighted by atomic mass is 16.6. The minimum atomic E-state index is -1.55. The maximum atomic E-state index is 13.1. The summed E-state index contributed by atoms with van der Waals surface area (Å²) >= 11 is 0. The van der Waals surface area contributed by atoms with E-state index in [4.69, 9.17) is 14.2 Å². The Morgan fingerprint density at radius 2 is 1.61 bits per heavy atom. The molecule has 36 heavy (non-hydrogen) atoms. The molecule has 0 unspecified atom stereocenters. The van der Waals surface area contributed by atoms with Gasteiger partial charge in [0.2, 0.25) is 0 Å². The maximum Gasteiger partial charge on any atom is 0.420 e. The predicted octanol–water partition coefficient (Wildman–Crippen LogP) is 4.38. The van der Waals surface area contributed by atoms with Crippen LogP contribution in [0.25, 0.3) is 10.9 Å². The third-order valence-corrected chi connectivity index (χ3v) is 5.01. The molecule has 0 aliphatic heterocycles. The highest BCUT2D eigenvalue weighted by molar-refractivity contribution is 6.00. The molecule has 0 aliphatic rings. The summed E-state index contributed by atoms with van der Waals surface area (Å²) < 4.78 is 17.1. The Balaban J connectivity index is 2.70. The molecule has 0 saturated carbocycles. The Labute approximate surface area is 208 Å². The first-order chi connectivity index (χ1) is 16.5. The van der Waals surface area contributed by atoms with E-state index in [1.165, 1.54) is 22.8 Å². The molecule has 12 heteroatoms. The Bertz CT molecular complexity index is 1170. The van der Waals surface area contributed by atoms with Gasteiger partial charge in [-0.05, 0) is 54.5 Å². The van der Waals surface area contributed by atoms with Gasteiger partial charge in [0.15, 0.2) is 12.3 Å². The number of fused-ring (bicyclic) bond motifs is 1. The molecule has 0 bridgehead atoms. The van der Waals surface area contributed by atoms with Gasteiger partial charge in [0.05, 0.1) is 18.6 Å². The molecule has 2 aromatic rings. The largest absolute Gasteiger partial charge is 0.467 e. The number of non-ortho nitro benzene ring substituents is 1. The Morgan fingerprint density at radius 3 is 2.03 bits per heavy atom. The Kier molecular flexibility index (Phi) is 8.12. The fourth-order valence-corrected chi connectivity index (χ4v) is 3.52. The van der Waals surface area contributed by atoms with Crippen LogP contribution in [-0.4, -0.2) is 63.2 Å². The molecule has 1 aromatic carbocycles. The van der Waals surface area contributed by atoms with Gasteiger partial charge < -0.3 is 18.8 Å². The lowest BCUT2D eigenvalue weighted by molar-refractivity contribution is -0.384. The Hall–Kier alpha value is -3.96. The molecule has 0 aliphatic carbocycles. The van der Waals surface area contributed by atoms with Crippen LogP contribution in [0.5, 0.6) is 0 Å². The molecule has 1 atom stereocenters. The van der Waals surface area contributed by atoms with Gasteiger partial charge in [-0.15, -0.1) is 0 Å². The number of esters is 1. The molecular weight excluding hydrogens is 474 g/mol. The number of hydrogen-bond acceptors (Lipinski definition) is 9. The summed E-state index contributed by atoms with van der Waals surface area (Å²) in [5.41, 5.74) is -1.32. The predicted molar refractivity (Wildman–Crippen MR) is 129 cm³/mol. The van der Waals surface area contributed by atoms with Crippen molar-refractivity contribution in [3.05, 3.63) is 39.6 Å². The van der Waals surface area contributed by atoms with Crippen LogP contribution >= 0.6 is 0 Å². The van der Waals surface area contributed by atoms with Crippen LogP contribution < -0.4 is 0 Å². The van der Waals surface area contributed by atoms with Crippen LogP contribution in [0.2, 0.25) is 0 Å². The van der Waals surface area contributed by atoms with Gasteiger partial charge in [-0.2, -0.15) is 4.90 Å². The Morgan fingerprint density at radius 1 is 1.08 bits per heavy atom. The number of aldehydes is 1. The number of hydrogen-bond donors (Lipinski definition) is 0. The smallest absolute Gasteiger partial charge is 0.420 e. The molecule has 2 amide bonds. The van der Waals surface area contributed by atoms with Crippen molar-refractivity contribution in [2.45, 2.75) is 72.3 Å². The van der Waals surface area contributed by atoms with E-state index >= 15 is 0 Å². The number of carbonyl (C=O) groups is 4. The van der Waals surface area contributed by atoms with E-state index in [9.17, 15) is 29.3 Å². The quantitative estimate of drug-likeness (QED) is 0.183. The number of aromatic nitrogens is 1. The van der Waals surface area contributed by atoms with Gasteiger partial charge in [0, 0.05) is 34.3 Å². The fourth-order valence-electron chi connectivity index (χ4n) is 3.52. The van der Waals surface area contributed by atoms with E-state index in [2.05, 4.69) is 0 Å². The highest BCUT2D eigenvalue weighted by Gasteiger charge is 2.41. The third-order valence-electron chi connectivity index (χ3n) is 5.01. The number of ether oxygens (including phenoxy) is 3. The SMILES string of the molecule is COC(=O)[C@H](Cn1c(C)c(C=O)c2cc([N+](=O)[O-])ccc21)N(C(=O)OC(C)(C)C)C(=O)OC(C)(C)C. The molecule has 2 rings (SSSR count). The first kappa shape index (κ1) is 28.3. The van der Waals surface area contributed by atoms with Gasteiger partial charge >= 0.3 is 18.2 Å². The standard InChI is InChI=1S/C24H31N3O9/c1-14-17(13-28)16-11-15(27(32)33)9-10-18(16)25(14)12-19(20(29)34-8)26(21(30)35-23(2,3)4)22(31)36-24(5,6)7/h9-11,13,19H,12H2,1-8H3/t19-/m0/s1. The van der Waals surface area contributed by atoms with Gasteiger partial charge in [-0.3, -0.25) is 14.9 Å². The van der Waals surface area contributed by atoms with E-state index in [1.807, 2.05) is 0 Å². The number of benzene rings is 1. The first-order valence-electron chi connectivity index (χ1n) is 11.1. The molecule has 0 N–H and O–H groups in total. The lowest BCUT2D eigenvalue weighted by atomic mass is 10.1. The van der Waals surface area contributed by atoms with Crippen molar-refractivity contribution in [3.63, 3.8) is 0 Å². The number of nitrogens with zero attached hydrogens (tertiary/aromatic N) is 3. The maximum absolute atomic E-state index is 13.1. The van der Waals surface area contributed by atoms with Crippen LogP contribution in [0.3, 0.4) is 0 Å². The minimum Gasteiger partial charge on any atom is -0.467 e. The van der Waals surface area contributed by atoms with E-state index in [1.54, 1.807) is 48.5 Å². The topological polar surface area (TPSA) is 147 Å². The molecule has 1 heterocycles. The molecule has 1 aromatic heterocycles. The van der Waals surface area contributed by atoms with E-state index in [0.717, 1.165) is 7.11 Å². The van der Waals surface area contributed by atoms with Crippen LogP contribution in [0.1, 0.15) is 57.6 Å². The van der Waals surface area contributed by atoms with Crippen molar-refractivity contribution >= 4 is 41.0 Å². The van der Waals surface area contributed by atoms with Crippen molar-refractivity contribution in [2.75, 3.05) is 7.11 Å². The first-order valence-corrected chi connectivity index (χ1v) is 11.1. The zero-order valence-electron chi connectivity index (χ0n) is 21.6. The van der Waals surface area contributed by atoms with Crippen molar-refractivity contribution in [1.82, 2.24) is 9.47 Å². The van der Waals surface area contributed by atoms with Gasteiger partial charge in [0.25, 0.3) is 5.69 Å². The van der Waals surface area contributed by atoms with E-state index < -0.39 is 40.3 Å². The van der Waals surface area contributed by atoms with Crippen LogP contribution in [0.4, 0.5) is 15.3 Å². The monoisotopic (exact) mass is 505 g/mol. The summed E-state index contributed by atoms with van der Waals surface area (Å²) in [6, 6.07) is 2.37. The van der Waals surface area contributed by atoms with Crippen LogP contribution in [0.15, 0.2) is 18.2 Å². The number of carbonyl (C=O) groups excluding carboxylic acids is 4. The number of rotatable bonds is 6. The number of amides is 2. The zero-order valence-corrected chi connectivity index (χ0v) is 21.6. The van der Waals surface area contributed by atoms with Crippen LogP contribution in [0, 0.1) is 17.0 Å². The zero-order chi connectivity index (χ0) is 27.6. The van der Waals surface area contributed by atoms with E-state index in [-0.39, 0.29) is 23.2 Å². The van der Waals surface area contributed by atoms with Crippen molar-refractivity contribution in [3.8, 4) is 0 Å². The molecule has 0 saturated heterocycles. The summed E-state index contributed by atoms with van der Waals surface area (Å²) in [5.74, 6) is -0.942. The summed E-state index contributed by atoms with van der Waals surface area (Å²) in [7, 11) is 1.10. The van der Waals surface area contributed by atoms with Gasteiger partial charge in [-0.25, -0.2) is 14.4 Å². The molecule has 0 radical (unpaired) electrons. The average molecular weight is 506 g/mol. The molecular formula is C24H31N3O9. The summed E-state index contributed by atoms with van der Waals surface area (Å²) in [6.07, 6.45) is -1.72.